The van der Waals surface area contributed by atoms with Crippen LogP contribution in [0.4, 0.5) is 0 Å². The van der Waals surface area contributed by atoms with Crippen LogP contribution in [0.1, 0.15) is 16.4 Å². The molecule has 0 unspecified atom stereocenters. The van der Waals surface area contributed by atoms with E-state index >= 15 is 0 Å². The van der Waals surface area contributed by atoms with E-state index in [0.29, 0.717) is 18.8 Å². The fraction of sp³-hybridized carbons (Fsp3) is 0.381. The molecule has 4 rings (SSSR count). The van der Waals surface area contributed by atoms with Crippen molar-refractivity contribution in [3.05, 3.63) is 54.2 Å². The summed E-state index contributed by atoms with van der Waals surface area (Å²) in [6.07, 6.45) is 1.53. The zero-order valence-corrected chi connectivity index (χ0v) is 19.6. The van der Waals surface area contributed by atoms with Crippen LogP contribution in [0, 0.1) is 6.92 Å². The smallest absolute Gasteiger partial charge is 0.289 e. The van der Waals surface area contributed by atoms with E-state index < -0.39 is 0 Å². The quantitative estimate of drug-likeness (QED) is 0.324. The van der Waals surface area contributed by atoms with Gasteiger partial charge < -0.3 is 24.1 Å². The number of nitrogens with one attached hydrogen (secondary N) is 1. The van der Waals surface area contributed by atoms with E-state index in [1.54, 1.807) is 19.2 Å². The van der Waals surface area contributed by atoms with Crippen molar-refractivity contribution < 1.29 is 9.21 Å². The summed E-state index contributed by atoms with van der Waals surface area (Å²) in [6, 6.07) is 11.6. The van der Waals surface area contributed by atoms with Crippen molar-refractivity contribution in [2.45, 2.75) is 13.5 Å². The normalized spacial score (nSPS) is 14.7. The fourth-order valence-corrected chi connectivity index (χ4v) is 3.77. The lowest BCUT2D eigenvalue weighted by molar-refractivity contribution is 0.0657. The minimum absolute atomic E-state index is 0. The second kappa shape index (κ2) is 9.96. The molecule has 0 spiro atoms. The monoisotopic (exact) mass is 522 g/mol. The molecule has 3 heterocycles. The highest BCUT2D eigenvalue weighted by Gasteiger charge is 2.25. The molecule has 3 aromatic rings. The van der Waals surface area contributed by atoms with E-state index in [2.05, 4.69) is 30.8 Å². The highest BCUT2D eigenvalue weighted by molar-refractivity contribution is 14.0. The topological polar surface area (TPSA) is 78.9 Å². The van der Waals surface area contributed by atoms with Gasteiger partial charge in [-0.05, 0) is 31.2 Å². The molecule has 9 heteroatoms. The highest BCUT2D eigenvalue weighted by Crippen LogP contribution is 2.15. The molecule has 160 valence electrons. The number of nitrogens with zero attached hydrogens (tertiary/aromatic N) is 5. The summed E-state index contributed by atoms with van der Waals surface area (Å²) < 4.78 is 7.44. The Kier molecular flexibility index (Phi) is 7.35. The number of aliphatic imine (C=N–C) groups is 1. The van der Waals surface area contributed by atoms with E-state index in [-0.39, 0.29) is 29.9 Å². The van der Waals surface area contributed by atoms with Crippen molar-refractivity contribution in [2.24, 2.45) is 4.99 Å². The average molecular weight is 522 g/mol. The number of furan rings is 1. The van der Waals surface area contributed by atoms with E-state index in [4.69, 9.17) is 4.42 Å². The molecular formula is C21H27IN6O2. The standard InChI is InChI=1S/C21H26N6O2.HI/c1-16-24-17-6-3-4-7-18(17)27(16)10-9-23-21(22-2)26-13-11-25(12-14-26)20(28)19-8-5-15-29-19;/h3-8,15H,9-14H2,1-2H3,(H,22,23);1H. The number of aromatic nitrogens is 2. The largest absolute Gasteiger partial charge is 0.459 e. The lowest BCUT2D eigenvalue weighted by atomic mass is 10.3. The summed E-state index contributed by atoms with van der Waals surface area (Å²) in [5, 5.41) is 3.45. The van der Waals surface area contributed by atoms with Gasteiger partial charge in [-0.15, -0.1) is 24.0 Å². The molecule has 0 radical (unpaired) electrons. The van der Waals surface area contributed by atoms with Gasteiger partial charge in [0.1, 0.15) is 5.82 Å². The molecule has 0 bridgehead atoms. The number of hydrogen-bond acceptors (Lipinski definition) is 4. The number of benzene rings is 1. The van der Waals surface area contributed by atoms with Crippen LogP contribution < -0.4 is 5.32 Å². The maximum Gasteiger partial charge on any atom is 0.289 e. The summed E-state index contributed by atoms with van der Waals surface area (Å²) in [4.78, 5) is 25.5. The van der Waals surface area contributed by atoms with Gasteiger partial charge in [-0.25, -0.2) is 4.98 Å². The number of guanidine groups is 1. The number of hydrogen-bond donors (Lipinski definition) is 1. The number of fused-ring (bicyclic) bond motifs is 1. The van der Waals surface area contributed by atoms with Crippen molar-refractivity contribution >= 4 is 46.9 Å². The Morgan fingerprint density at radius 2 is 1.87 bits per heavy atom. The maximum atomic E-state index is 12.4. The van der Waals surface area contributed by atoms with Crippen molar-refractivity contribution in [3.8, 4) is 0 Å². The van der Waals surface area contributed by atoms with Gasteiger partial charge in [0.2, 0.25) is 0 Å². The van der Waals surface area contributed by atoms with Crippen LogP contribution >= 0.6 is 24.0 Å². The van der Waals surface area contributed by atoms with Gasteiger partial charge in [0.25, 0.3) is 5.91 Å². The van der Waals surface area contributed by atoms with E-state index in [1.807, 2.05) is 30.0 Å². The van der Waals surface area contributed by atoms with Gasteiger partial charge in [-0.3, -0.25) is 9.79 Å². The molecule has 0 atom stereocenters. The third kappa shape index (κ3) is 4.61. The lowest BCUT2D eigenvalue weighted by Gasteiger charge is -2.36. The zero-order chi connectivity index (χ0) is 20.2. The highest BCUT2D eigenvalue weighted by atomic mass is 127. The first kappa shape index (κ1) is 22.1. The van der Waals surface area contributed by atoms with Crippen LogP contribution in [0.2, 0.25) is 0 Å². The number of para-hydroxylation sites is 2. The van der Waals surface area contributed by atoms with Gasteiger partial charge in [-0.1, -0.05) is 12.1 Å². The number of carbonyl (C=O) groups is 1. The molecular weight excluding hydrogens is 495 g/mol. The van der Waals surface area contributed by atoms with E-state index in [1.165, 1.54) is 6.26 Å². The van der Waals surface area contributed by atoms with Crippen molar-refractivity contribution in [3.63, 3.8) is 0 Å². The number of amides is 1. The Hall–Kier alpha value is -2.56. The van der Waals surface area contributed by atoms with Crippen molar-refractivity contribution in [1.82, 2.24) is 24.7 Å². The van der Waals surface area contributed by atoms with Crippen LogP contribution in [0.15, 0.2) is 52.1 Å². The lowest BCUT2D eigenvalue weighted by Crippen LogP contribution is -2.54. The van der Waals surface area contributed by atoms with Crippen LogP contribution in [-0.2, 0) is 6.54 Å². The Labute approximate surface area is 193 Å². The van der Waals surface area contributed by atoms with Crippen LogP contribution in [0.25, 0.3) is 11.0 Å². The van der Waals surface area contributed by atoms with Crippen LogP contribution in [-0.4, -0.2) is 71.0 Å². The van der Waals surface area contributed by atoms with Gasteiger partial charge in [-0.2, -0.15) is 0 Å². The van der Waals surface area contributed by atoms with Gasteiger partial charge in [0.05, 0.1) is 17.3 Å². The van der Waals surface area contributed by atoms with E-state index in [9.17, 15) is 4.79 Å². The predicted molar refractivity (Wildman–Crippen MR) is 127 cm³/mol. The van der Waals surface area contributed by atoms with Gasteiger partial charge in [0.15, 0.2) is 11.7 Å². The molecule has 30 heavy (non-hydrogen) atoms. The summed E-state index contributed by atoms with van der Waals surface area (Å²) in [6.45, 7) is 6.35. The summed E-state index contributed by atoms with van der Waals surface area (Å²) in [5.41, 5.74) is 2.17. The third-order valence-corrected chi connectivity index (χ3v) is 5.27. The first-order valence-electron chi connectivity index (χ1n) is 9.87. The van der Waals surface area contributed by atoms with Crippen molar-refractivity contribution in [1.29, 1.82) is 0 Å². The average Bonchev–Trinajstić information content (AvgIpc) is 3.39. The van der Waals surface area contributed by atoms with Crippen LogP contribution in [0.3, 0.4) is 0 Å². The van der Waals surface area contributed by atoms with Crippen molar-refractivity contribution in [2.75, 3.05) is 39.8 Å². The SMILES string of the molecule is CN=C(NCCn1c(C)nc2ccccc21)N1CCN(C(=O)c2ccco2)CC1.I. The summed E-state index contributed by atoms with van der Waals surface area (Å²) in [5.74, 6) is 2.20. The zero-order valence-electron chi connectivity index (χ0n) is 17.2. The molecule has 8 nitrogen and oxygen atoms in total. The molecule has 1 amide bonds. The second-order valence-corrected chi connectivity index (χ2v) is 7.03. The number of carbonyl (C=O) groups excluding carboxylic acids is 1. The number of rotatable bonds is 4. The summed E-state index contributed by atoms with van der Waals surface area (Å²) in [7, 11) is 1.79. The van der Waals surface area contributed by atoms with Gasteiger partial charge >= 0.3 is 0 Å². The Morgan fingerprint density at radius 3 is 2.57 bits per heavy atom. The Balaban J connectivity index is 0.00000256. The van der Waals surface area contributed by atoms with Crippen LogP contribution in [0.5, 0.6) is 0 Å². The molecule has 1 aliphatic heterocycles. The molecule has 1 N–H and O–H groups in total. The Morgan fingerprint density at radius 1 is 1.13 bits per heavy atom. The molecule has 1 fully saturated rings. The second-order valence-electron chi connectivity index (χ2n) is 7.03. The molecule has 1 saturated heterocycles. The van der Waals surface area contributed by atoms with E-state index in [0.717, 1.165) is 49.0 Å². The first-order chi connectivity index (χ1) is 14.2. The van der Waals surface area contributed by atoms with Gasteiger partial charge in [0, 0.05) is 46.3 Å². The third-order valence-electron chi connectivity index (χ3n) is 5.27. The fourth-order valence-electron chi connectivity index (χ4n) is 3.77. The minimum atomic E-state index is -0.0555. The summed E-state index contributed by atoms with van der Waals surface area (Å²) >= 11 is 0. The molecule has 0 aliphatic carbocycles. The minimum Gasteiger partial charge on any atom is -0.459 e. The number of aryl methyl sites for hydroxylation is 1. The molecule has 1 aliphatic rings. The number of piperazine rings is 1. The molecule has 2 aromatic heterocycles. The maximum absolute atomic E-state index is 12.4. The number of halogens is 1. The molecule has 1 aromatic carbocycles. The Bertz CT molecular complexity index is 1010. The predicted octanol–water partition coefficient (Wildman–Crippen LogP) is 2.59. The number of imidazole rings is 1. The molecule has 0 saturated carbocycles. The first-order valence-corrected chi connectivity index (χ1v) is 9.87.